The Kier molecular flexibility index (Phi) is 6.22. The van der Waals surface area contributed by atoms with E-state index in [9.17, 15) is 14.0 Å². The van der Waals surface area contributed by atoms with E-state index in [4.69, 9.17) is 4.74 Å². The molecule has 0 radical (unpaired) electrons. The van der Waals surface area contributed by atoms with E-state index >= 15 is 0 Å². The van der Waals surface area contributed by atoms with Crippen molar-refractivity contribution in [3.8, 4) is 10.6 Å². The zero-order chi connectivity index (χ0) is 16.7. The number of carbonyl (C=O) groups is 2. The van der Waals surface area contributed by atoms with Crippen LogP contribution in [0.5, 0.6) is 0 Å². The molecule has 1 aromatic carbocycles. The average Bonchev–Trinajstić information content (AvgIpc) is 3.03. The van der Waals surface area contributed by atoms with E-state index in [2.05, 4.69) is 10.3 Å². The molecule has 0 saturated carbocycles. The Morgan fingerprint density at radius 3 is 2.74 bits per heavy atom. The van der Waals surface area contributed by atoms with Crippen LogP contribution in [-0.2, 0) is 9.53 Å². The number of nitrogens with one attached hydrogen (secondary N) is 1. The number of benzene rings is 1. The van der Waals surface area contributed by atoms with Gasteiger partial charge in [0.2, 0.25) is 0 Å². The molecular weight excluding hydrogens is 319 g/mol. The van der Waals surface area contributed by atoms with Gasteiger partial charge in [0.05, 0.1) is 0 Å². The van der Waals surface area contributed by atoms with E-state index < -0.39 is 5.97 Å². The lowest BCUT2D eigenvalue weighted by atomic mass is 10.2. The second kappa shape index (κ2) is 8.38. The lowest BCUT2D eigenvalue weighted by Gasteiger charge is -2.04. The normalized spacial score (nSPS) is 10.3. The lowest BCUT2D eigenvalue weighted by molar-refractivity contribution is -0.124. The molecule has 0 spiro atoms. The fraction of sp³-hybridized carbons (Fsp3) is 0.312. The number of hydrogen-bond acceptors (Lipinski definition) is 5. The van der Waals surface area contributed by atoms with Gasteiger partial charge in [0, 0.05) is 17.5 Å². The number of rotatable bonds is 7. The number of esters is 1. The maximum Gasteiger partial charge on any atom is 0.358 e. The second-order valence-electron chi connectivity index (χ2n) is 4.82. The molecule has 1 amide bonds. The number of carbonyl (C=O) groups excluding carboxylic acids is 2. The smallest absolute Gasteiger partial charge is 0.358 e. The van der Waals surface area contributed by atoms with E-state index in [1.165, 1.54) is 23.5 Å². The molecule has 2 rings (SSSR count). The molecular formula is C16H17FN2O3S. The molecule has 0 unspecified atom stereocenters. The summed E-state index contributed by atoms with van der Waals surface area (Å²) in [6, 6.07) is 5.83. The maximum absolute atomic E-state index is 12.9. The molecule has 5 nitrogen and oxygen atoms in total. The van der Waals surface area contributed by atoms with Gasteiger partial charge in [0.15, 0.2) is 12.3 Å². The molecule has 1 heterocycles. The van der Waals surface area contributed by atoms with Gasteiger partial charge >= 0.3 is 5.97 Å². The Morgan fingerprint density at radius 2 is 2.04 bits per heavy atom. The van der Waals surface area contributed by atoms with Crippen LogP contribution in [0.15, 0.2) is 29.6 Å². The van der Waals surface area contributed by atoms with E-state index in [1.807, 2.05) is 6.92 Å². The van der Waals surface area contributed by atoms with Gasteiger partial charge in [-0.2, -0.15) is 0 Å². The predicted molar refractivity (Wildman–Crippen MR) is 85.7 cm³/mol. The molecule has 23 heavy (non-hydrogen) atoms. The summed E-state index contributed by atoms with van der Waals surface area (Å²) in [4.78, 5) is 27.5. The molecule has 0 bridgehead atoms. The van der Waals surface area contributed by atoms with Crippen molar-refractivity contribution in [2.45, 2.75) is 19.8 Å². The minimum absolute atomic E-state index is 0.135. The van der Waals surface area contributed by atoms with Gasteiger partial charge in [0.1, 0.15) is 10.8 Å². The van der Waals surface area contributed by atoms with E-state index in [0.29, 0.717) is 17.1 Å². The summed E-state index contributed by atoms with van der Waals surface area (Å²) in [6.07, 6.45) is 1.86. The van der Waals surface area contributed by atoms with Gasteiger partial charge in [-0.3, -0.25) is 4.79 Å². The van der Waals surface area contributed by atoms with Crippen LogP contribution in [0.2, 0.25) is 0 Å². The van der Waals surface area contributed by atoms with E-state index in [-0.39, 0.29) is 24.0 Å². The summed E-state index contributed by atoms with van der Waals surface area (Å²) in [6.45, 7) is 2.26. The van der Waals surface area contributed by atoms with Crippen LogP contribution in [0, 0.1) is 5.82 Å². The summed E-state index contributed by atoms with van der Waals surface area (Å²) in [5.74, 6) is -1.32. The van der Waals surface area contributed by atoms with Gasteiger partial charge in [-0.05, 0) is 30.7 Å². The Balaban J connectivity index is 1.88. The first-order valence-electron chi connectivity index (χ1n) is 7.25. The minimum Gasteiger partial charge on any atom is -0.451 e. The first-order valence-corrected chi connectivity index (χ1v) is 8.13. The number of halogens is 1. The highest BCUT2D eigenvalue weighted by molar-refractivity contribution is 7.13. The fourth-order valence-corrected chi connectivity index (χ4v) is 2.55. The molecule has 7 heteroatoms. The quantitative estimate of drug-likeness (QED) is 0.623. The van der Waals surface area contributed by atoms with Crippen molar-refractivity contribution >= 4 is 23.2 Å². The van der Waals surface area contributed by atoms with Crippen molar-refractivity contribution in [1.82, 2.24) is 10.3 Å². The van der Waals surface area contributed by atoms with Crippen molar-refractivity contribution in [3.63, 3.8) is 0 Å². The van der Waals surface area contributed by atoms with Crippen molar-refractivity contribution in [3.05, 3.63) is 41.2 Å². The van der Waals surface area contributed by atoms with Crippen LogP contribution < -0.4 is 5.32 Å². The average molecular weight is 336 g/mol. The highest BCUT2D eigenvalue weighted by Gasteiger charge is 2.14. The highest BCUT2D eigenvalue weighted by atomic mass is 32.1. The molecule has 0 aliphatic heterocycles. The summed E-state index contributed by atoms with van der Waals surface area (Å²) >= 11 is 1.25. The van der Waals surface area contributed by atoms with Gasteiger partial charge in [0.25, 0.3) is 5.91 Å². The lowest BCUT2D eigenvalue weighted by Crippen LogP contribution is -2.29. The third kappa shape index (κ3) is 5.14. The van der Waals surface area contributed by atoms with Crippen molar-refractivity contribution in [2.75, 3.05) is 13.2 Å². The molecule has 0 fully saturated rings. The summed E-state index contributed by atoms with van der Waals surface area (Å²) in [5.41, 5.74) is 0.850. The van der Waals surface area contributed by atoms with Crippen LogP contribution in [0.25, 0.3) is 10.6 Å². The fourth-order valence-electron chi connectivity index (χ4n) is 1.75. The second-order valence-corrected chi connectivity index (χ2v) is 5.68. The van der Waals surface area contributed by atoms with Crippen molar-refractivity contribution < 1.29 is 18.7 Å². The largest absolute Gasteiger partial charge is 0.451 e. The van der Waals surface area contributed by atoms with Gasteiger partial charge in [-0.25, -0.2) is 14.2 Å². The number of ether oxygens (including phenoxy) is 1. The van der Waals surface area contributed by atoms with Crippen LogP contribution in [0.1, 0.15) is 30.3 Å². The monoisotopic (exact) mass is 336 g/mol. The zero-order valence-electron chi connectivity index (χ0n) is 12.7. The minimum atomic E-state index is -0.653. The topological polar surface area (TPSA) is 68.3 Å². The Bertz CT molecular complexity index is 670. The number of amides is 1. The van der Waals surface area contributed by atoms with Crippen molar-refractivity contribution in [1.29, 1.82) is 0 Å². The van der Waals surface area contributed by atoms with Crippen LogP contribution in [0.3, 0.4) is 0 Å². The number of thiazole rings is 1. The third-order valence-electron chi connectivity index (χ3n) is 2.99. The highest BCUT2D eigenvalue weighted by Crippen LogP contribution is 2.24. The van der Waals surface area contributed by atoms with Gasteiger partial charge in [-0.1, -0.05) is 13.3 Å². The summed E-state index contributed by atoms with van der Waals surface area (Å²) in [7, 11) is 0. The molecule has 0 atom stereocenters. The van der Waals surface area contributed by atoms with Gasteiger partial charge < -0.3 is 10.1 Å². The Morgan fingerprint density at radius 1 is 1.30 bits per heavy atom. The summed E-state index contributed by atoms with van der Waals surface area (Å²) < 4.78 is 17.8. The number of hydrogen-bond donors (Lipinski definition) is 1. The molecule has 0 aliphatic rings. The Labute approximate surface area is 137 Å². The first kappa shape index (κ1) is 17.1. The first-order chi connectivity index (χ1) is 11.1. The molecule has 1 aromatic heterocycles. The van der Waals surface area contributed by atoms with Gasteiger partial charge in [-0.15, -0.1) is 11.3 Å². The standard InChI is InChI=1S/C16H17FN2O3S/c1-2-3-8-18-14(20)9-22-16(21)13-10-23-15(19-13)11-4-6-12(17)7-5-11/h4-7,10H,2-3,8-9H2,1H3,(H,18,20). The molecule has 0 saturated heterocycles. The molecule has 2 aromatic rings. The third-order valence-corrected chi connectivity index (χ3v) is 3.88. The molecule has 122 valence electrons. The molecule has 1 N–H and O–H groups in total. The van der Waals surface area contributed by atoms with E-state index in [1.54, 1.807) is 17.5 Å². The van der Waals surface area contributed by atoms with E-state index in [0.717, 1.165) is 12.8 Å². The molecule has 0 aliphatic carbocycles. The van der Waals surface area contributed by atoms with Crippen LogP contribution in [-0.4, -0.2) is 30.0 Å². The van der Waals surface area contributed by atoms with Crippen LogP contribution in [0.4, 0.5) is 4.39 Å². The SMILES string of the molecule is CCCCNC(=O)COC(=O)c1csc(-c2ccc(F)cc2)n1. The van der Waals surface area contributed by atoms with Crippen LogP contribution >= 0.6 is 11.3 Å². The van der Waals surface area contributed by atoms with Crippen molar-refractivity contribution in [2.24, 2.45) is 0 Å². The number of aromatic nitrogens is 1. The zero-order valence-corrected chi connectivity index (χ0v) is 13.5. The Hall–Kier alpha value is -2.28. The predicted octanol–water partition coefficient (Wildman–Crippen LogP) is 3.02. The number of nitrogens with zero attached hydrogens (tertiary/aromatic N) is 1. The summed E-state index contributed by atoms with van der Waals surface area (Å²) in [5, 5.41) is 4.80. The number of unbranched alkanes of at least 4 members (excludes halogenated alkanes) is 1. The maximum atomic E-state index is 12.9.